The monoisotopic (exact) mass is 391 g/mol. The maximum atomic E-state index is 12.6. The number of nitrogens with zero attached hydrogens (tertiary/aromatic N) is 2. The van der Waals surface area contributed by atoms with Gasteiger partial charge in [0.2, 0.25) is 5.91 Å². The van der Waals surface area contributed by atoms with Crippen LogP contribution in [0.3, 0.4) is 0 Å². The summed E-state index contributed by atoms with van der Waals surface area (Å²) in [5.74, 6) is 0.0971. The van der Waals surface area contributed by atoms with E-state index >= 15 is 0 Å². The van der Waals surface area contributed by atoms with E-state index in [2.05, 4.69) is 21.2 Å². The summed E-state index contributed by atoms with van der Waals surface area (Å²) < 4.78 is 0.844. The van der Waals surface area contributed by atoms with Crippen LogP contribution in [0.5, 0.6) is 0 Å². The Labute approximate surface area is 164 Å². The lowest BCUT2D eigenvalue weighted by Gasteiger charge is -2.37. The van der Waals surface area contributed by atoms with Crippen LogP contribution in [0.25, 0.3) is 0 Å². The van der Waals surface area contributed by atoms with Crippen molar-refractivity contribution >= 4 is 28.8 Å². The van der Waals surface area contributed by atoms with Crippen LogP contribution in [0.4, 0.5) is 0 Å². The molecule has 26 heavy (non-hydrogen) atoms. The molecular weight excluding hydrogens is 366 g/mol. The smallest absolute Gasteiger partial charge is 0.237 e. The Balaban J connectivity index is 1.46. The molecule has 1 N–H and O–H groups in total. The number of hydrogen-bond acceptors (Lipinski definition) is 4. The number of piperazine rings is 1. The molecule has 1 aliphatic rings. The Bertz CT molecular complexity index is 713. The molecule has 6 heteroatoms. The van der Waals surface area contributed by atoms with Crippen molar-refractivity contribution in [3.05, 3.63) is 57.2 Å². The van der Waals surface area contributed by atoms with Gasteiger partial charge in [-0.25, -0.2) is 0 Å². The van der Waals surface area contributed by atoms with E-state index in [4.69, 9.17) is 11.6 Å². The fourth-order valence-electron chi connectivity index (χ4n) is 3.29. The Morgan fingerprint density at radius 3 is 2.42 bits per heavy atom. The second-order valence-corrected chi connectivity index (χ2v) is 8.63. The Morgan fingerprint density at radius 1 is 1.12 bits per heavy atom. The second-order valence-electron chi connectivity index (χ2n) is 6.83. The molecule has 2 atom stereocenters. The molecule has 4 nitrogen and oxygen atoms in total. The highest BCUT2D eigenvalue weighted by Crippen LogP contribution is 2.23. The van der Waals surface area contributed by atoms with Gasteiger partial charge in [0, 0.05) is 37.6 Å². The van der Waals surface area contributed by atoms with Gasteiger partial charge in [-0.3, -0.25) is 14.6 Å². The van der Waals surface area contributed by atoms with Crippen LogP contribution in [-0.2, 0) is 11.3 Å². The third-order valence-electron chi connectivity index (χ3n) is 5.00. The molecule has 2 aromatic rings. The van der Waals surface area contributed by atoms with Crippen LogP contribution >= 0.6 is 22.9 Å². The number of thiophene rings is 1. The van der Waals surface area contributed by atoms with Crippen molar-refractivity contribution in [1.82, 2.24) is 15.1 Å². The quantitative estimate of drug-likeness (QED) is 0.813. The molecule has 1 aliphatic heterocycles. The van der Waals surface area contributed by atoms with Gasteiger partial charge in [0.25, 0.3) is 0 Å². The molecule has 0 bridgehead atoms. The van der Waals surface area contributed by atoms with E-state index in [0.717, 1.165) is 42.6 Å². The first-order chi connectivity index (χ1) is 12.5. The van der Waals surface area contributed by atoms with Crippen LogP contribution in [0.2, 0.25) is 4.34 Å². The fraction of sp³-hybridized carbons (Fsp3) is 0.450. The van der Waals surface area contributed by atoms with Gasteiger partial charge in [0.15, 0.2) is 0 Å². The summed E-state index contributed by atoms with van der Waals surface area (Å²) in [6, 6.07) is 14.1. The van der Waals surface area contributed by atoms with E-state index in [1.54, 1.807) is 11.3 Å². The summed E-state index contributed by atoms with van der Waals surface area (Å²) in [7, 11) is 0. The zero-order valence-electron chi connectivity index (χ0n) is 15.3. The van der Waals surface area contributed by atoms with Crippen molar-refractivity contribution in [1.29, 1.82) is 0 Å². The van der Waals surface area contributed by atoms with Gasteiger partial charge in [-0.05, 0) is 31.5 Å². The number of hydrogen-bond donors (Lipinski definition) is 1. The first-order valence-electron chi connectivity index (χ1n) is 9.09. The molecule has 1 saturated heterocycles. The second kappa shape index (κ2) is 9.00. The molecule has 0 saturated carbocycles. The summed E-state index contributed by atoms with van der Waals surface area (Å²) in [5, 5.41) is 3.14. The van der Waals surface area contributed by atoms with Crippen LogP contribution < -0.4 is 5.32 Å². The minimum absolute atomic E-state index is 0.0241. The maximum Gasteiger partial charge on any atom is 0.237 e. The lowest BCUT2D eigenvalue weighted by Crippen LogP contribution is -2.53. The highest BCUT2D eigenvalue weighted by atomic mass is 35.5. The van der Waals surface area contributed by atoms with Crippen molar-refractivity contribution < 1.29 is 4.79 Å². The Morgan fingerprint density at radius 2 is 1.81 bits per heavy atom. The van der Waals surface area contributed by atoms with Gasteiger partial charge >= 0.3 is 0 Å². The summed E-state index contributed by atoms with van der Waals surface area (Å²) in [6.07, 6.45) is 0. The average molecular weight is 392 g/mol. The summed E-state index contributed by atoms with van der Waals surface area (Å²) >= 11 is 7.65. The molecule has 0 radical (unpaired) electrons. The van der Waals surface area contributed by atoms with Gasteiger partial charge < -0.3 is 5.32 Å². The summed E-state index contributed by atoms with van der Waals surface area (Å²) in [5.41, 5.74) is 1.13. The standard InChI is InChI=1S/C20H26ClN3OS/c1-15(17-6-4-3-5-7-17)22-20(25)16(2)24-12-10-23(11-13-24)14-18-8-9-19(21)26-18/h3-9,15-16H,10-14H2,1-2H3,(H,22,25)/t15-,16+/m1/s1. The molecule has 140 valence electrons. The Kier molecular flexibility index (Phi) is 6.70. The number of carbonyl (C=O) groups is 1. The van der Waals surface area contributed by atoms with Crippen molar-refractivity contribution in [3.63, 3.8) is 0 Å². The van der Waals surface area contributed by atoms with Crippen molar-refractivity contribution in [2.24, 2.45) is 0 Å². The topological polar surface area (TPSA) is 35.6 Å². The van der Waals surface area contributed by atoms with Crippen molar-refractivity contribution in [2.75, 3.05) is 26.2 Å². The van der Waals surface area contributed by atoms with E-state index < -0.39 is 0 Å². The number of amides is 1. The number of rotatable bonds is 6. The highest BCUT2D eigenvalue weighted by Gasteiger charge is 2.26. The van der Waals surface area contributed by atoms with Gasteiger partial charge in [-0.1, -0.05) is 41.9 Å². The summed E-state index contributed by atoms with van der Waals surface area (Å²) in [6.45, 7) is 8.74. The molecule has 1 amide bonds. The highest BCUT2D eigenvalue weighted by molar-refractivity contribution is 7.16. The number of halogens is 1. The van der Waals surface area contributed by atoms with Crippen LogP contribution in [-0.4, -0.2) is 47.9 Å². The average Bonchev–Trinajstić information content (AvgIpc) is 3.07. The molecule has 3 rings (SSSR count). The maximum absolute atomic E-state index is 12.6. The molecule has 1 aromatic carbocycles. The fourth-order valence-corrected chi connectivity index (χ4v) is 4.42. The number of nitrogens with one attached hydrogen (secondary N) is 1. The van der Waals surface area contributed by atoms with E-state index in [0.29, 0.717) is 0 Å². The third kappa shape index (κ3) is 5.07. The minimum Gasteiger partial charge on any atom is -0.348 e. The first-order valence-corrected chi connectivity index (χ1v) is 10.3. The normalized spacial score (nSPS) is 18.4. The molecule has 0 unspecified atom stereocenters. The Hall–Kier alpha value is -1.40. The van der Waals surface area contributed by atoms with Gasteiger partial charge in [0.05, 0.1) is 16.4 Å². The molecular formula is C20H26ClN3OS. The van der Waals surface area contributed by atoms with Gasteiger partial charge in [-0.2, -0.15) is 0 Å². The third-order valence-corrected chi connectivity index (χ3v) is 6.22. The van der Waals surface area contributed by atoms with Crippen LogP contribution in [0.1, 0.15) is 30.3 Å². The largest absolute Gasteiger partial charge is 0.348 e. The predicted octanol–water partition coefficient (Wildman–Crippen LogP) is 3.79. The molecule has 2 heterocycles. The van der Waals surface area contributed by atoms with E-state index in [1.807, 2.05) is 50.2 Å². The number of benzene rings is 1. The zero-order chi connectivity index (χ0) is 18.5. The molecule has 0 spiro atoms. The van der Waals surface area contributed by atoms with E-state index in [1.165, 1.54) is 4.88 Å². The van der Waals surface area contributed by atoms with Crippen LogP contribution in [0.15, 0.2) is 42.5 Å². The minimum atomic E-state index is -0.112. The van der Waals surface area contributed by atoms with Crippen molar-refractivity contribution in [3.8, 4) is 0 Å². The lowest BCUT2D eigenvalue weighted by atomic mass is 10.1. The first kappa shape index (κ1) is 19.4. The molecule has 1 aromatic heterocycles. The van der Waals surface area contributed by atoms with Crippen molar-refractivity contribution in [2.45, 2.75) is 32.5 Å². The molecule has 1 fully saturated rings. The predicted molar refractivity (Wildman–Crippen MR) is 109 cm³/mol. The van der Waals surface area contributed by atoms with E-state index in [9.17, 15) is 4.79 Å². The summed E-state index contributed by atoms with van der Waals surface area (Å²) in [4.78, 5) is 18.6. The van der Waals surface area contributed by atoms with Gasteiger partial charge in [-0.15, -0.1) is 11.3 Å². The van der Waals surface area contributed by atoms with Gasteiger partial charge in [0.1, 0.15) is 0 Å². The number of carbonyl (C=O) groups excluding carboxylic acids is 1. The van der Waals surface area contributed by atoms with Crippen LogP contribution in [0, 0.1) is 0 Å². The SMILES string of the molecule is C[C@@H](NC(=O)[C@H](C)N1CCN(Cc2ccc(Cl)s2)CC1)c1ccccc1. The van der Waals surface area contributed by atoms with E-state index in [-0.39, 0.29) is 18.0 Å². The molecule has 0 aliphatic carbocycles. The zero-order valence-corrected chi connectivity index (χ0v) is 16.9. The lowest BCUT2D eigenvalue weighted by molar-refractivity contribution is -0.127.